The number of hydrogen-bond acceptors (Lipinski definition) is 4. The van der Waals surface area contributed by atoms with Crippen LogP contribution in [0.4, 0.5) is 5.82 Å². The summed E-state index contributed by atoms with van der Waals surface area (Å²) in [6.45, 7) is 2.02. The topological polar surface area (TPSA) is 66.0 Å². The highest BCUT2D eigenvalue weighted by molar-refractivity contribution is 9.10. The lowest BCUT2D eigenvalue weighted by molar-refractivity contribution is 0.412. The number of aromatic nitrogens is 3. The molecule has 1 heterocycles. The molecule has 0 aliphatic heterocycles. The SMILES string of the molecule is CCc1c(N)nnn1-c1ccc(Br)c(OC)c1. The summed E-state index contributed by atoms with van der Waals surface area (Å²) < 4.78 is 7.87. The minimum Gasteiger partial charge on any atom is -0.495 e. The van der Waals surface area contributed by atoms with Gasteiger partial charge in [0.05, 0.1) is 23.0 Å². The summed E-state index contributed by atoms with van der Waals surface area (Å²) in [6, 6.07) is 5.72. The van der Waals surface area contributed by atoms with Gasteiger partial charge >= 0.3 is 0 Å². The van der Waals surface area contributed by atoms with Gasteiger partial charge in [-0.3, -0.25) is 0 Å². The molecule has 0 saturated carbocycles. The van der Waals surface area contributed by atoms with Gasteiger partial charge in [-0.1, -0.05) is 12.1 Å². The van der Waals surface area contributed by atoms with Gasteiger partial charge in [0.25, 0.3) is 0 Å². The molecule has 2 N–H and O–H groups in total. The quantitative estimate of drug-likeness (QED) is 0.943. The highest BCUT2D eigenvalue weighted by Crippen LogP contribution is 2.27. The van der Waals surface area contributed by atoms with Crippen molar-refractivity contribution in [3.05, 3.63) is 28.4 Å². The predicted octanol–water partition coefficient (Wildman–Crippen LogP) is 2.18. The number of rotatable bonds is 3. The van der Waals surface area contributed by atoms with Crippen LogP contribution in [0.5, 0.6) is 5.75 Å². The van der Waals surface area contributed by atoms with Crippen LogP contribution in [0.2, 0.25) is 0 Å². The molecule has 5 nitrogen and oxygen atoms in total. The molecule has 2 aromatic rings. The maximum absolute atomic E-state index is 5.75. The van der Waals surface area contributed by atoms with Gasteiger partial charge in [-0.15, -0.1) is 5.10 Å². The minimum atomic E-state index is 0.467. The van der Waals surface area contributed by atoms with Crippen LogP contribution in [0.3, 0.4) is 0 Å². The molecule has 0 bridgehead atoms. The third-order valence-corrected chi connectivity index (χ3v) is 3.16. The van der Waals surface area contributed by atoms with Crippen LogP contribution in [0.15, 0.2) is 22.7 Å². The molecule has 0 radical (unpaired) electrons. The standard InChI is InChI=1S/C11H13BrN4O/c1-3-9-11(13)14-15-16(9)7-4-5-8(12)10(6-7)17-2/h4-6H,3,13H2,1-2H3. The fourth-order valence-electron chi connectivity index (χ4n) is 1.63. The van der Waals surface area contributed by atoms with Crippen molar-refractivity contribution in [3.8, 4) is 11.4 Å². The molecular formula is C11H13BrN4O. The van der Waals surface area contributed by atoms with E-state index in [0.717, 1.165) is 28.0 Å². The fourth-order valence-corrected chi connectivity index (χ4v) is 2.04. The number of ether oxygens (including phenoxy) is 1. The molecule has 0 aliphatic carbocycles. The summed E-state index contributed by atoms with van der Waals surface area (Å²) in [5.41, 5.74) is 7.53. The van der Waals surface area contributed by atoms with Gasteiger partial charge in [0.2, 0.25) is 0 Å². The molecule has 0 saturated heterocycles. The van der Waals surface area contributed by atoms with Crippen LogP contribution in [0, 0.1) is 0 Å². The number of hydrogen-bond donors (Lipinski definition) is 1. The summed E-state index contributed by atoms with van der Waals surface area (Å²) in [5.74, 6) is 1.22. The molecule has 0 amide bonds. The van der Waals surface area contributed by atoms with Crippen molar-refractivity contribution in [2.75, 3.05) is 12.8 Å². The first kappa shape index (κ1) is 11.9. The summed E-state index contributed by atoms with van der Waals surface area (Å²) in [6.07, 6.45) is 0.775. The molecule has 90 valence electrons. The smallest absolute Gasteiger partial charge is 0.169 e. The van der Waals surface area contributed by atoms with Crippen molar-refractivity contribution in [2.24, 2.45) is 0 Å². The number of nitrogens with two attached hydrogens (primary N) is 1. The molecule has 0 spiro atoms. The zero-order chi connectivity index (χ0) is 12.4. The first-order valence-electron chi connectivity index (χ1n) is 5.21. The van der Waals surface area contributed by atoms with E-state index >= 15 is 0 Å². The Morgan fingerprint density at radius 2 is 2.24 bits per heavy atom. The zero-order valence-corrected chi connectivity index (χ0v) is 11.2. The molecule has 1 aromatic carbocycles. The van der Waals surface area contributed by atoms with E-state index in [1.54, 1.807) is 11.8 Å². The van der Waals surface area contributed by atoms with E-state index in [2.05, 4.69) is 26.2 Å². The van der Waals surface area contributed by atoms with E-state index in [4.69, 9.17) is 10.5 Å². The lowest BCUT2D eigenvalue weighted by Gasteiger charge is -2.08. The molecule has 2 rings (SSSR count). The maximum Gasteiger partial charge on any atom is 0.169 e. The molecule has 17 heavy (non-hydrogen) atoms. The lowest BCUT2D eigenvalue weighted by atomic mass is 10.2. The second kappa shape index (κ2) is 4.75. The van der Waals surface area contributed by atoms with E-state index in [-0.39, 0.29) is 0 Å². The number of anilines is 1. The Hall–Kier alpha value is -1.56. The van der Waals surface area contributed by atoms with Crippen LogP contribution in [0.1, 0.15) is 12.6 Å². The number of nitrogens with zero attached hydrogens (tertiary/aromatic N) is 3. The van der Waals surface area contributed by atoms with Crippen molar-refractivity contribution in [1.29, 1.82) is 0 Å². The minimum absolute atomic E-state index is 0.467. The van der Waals surface area contributed by atoms with E-state index in [1.807, 2.05) is 25.1 Å². The second-order valence-electron chi connectivity index (χ2n) is 3.51. The van der Waals surface area contributed by atoms with Crippen LogP contribution in [-0.4, -0.2) is 22.1 Å². The Bertz CT molecular complexity index is 538. The summed E-state index contributed by atoms with van der Waals surface area (Å²) in [7, 11) is 1.63. The monoisotopic (exact) mass is 296 g/mol. The van der Waals surface area contributed by atoms with Crippen LogP contribution >= 0.6 is 15.9 Å². The molecule has 0 fully saturated rings. The Kier molecular flexibility index (Phi) is 3.33. The van der Waals surface area contributed by atoms with E-state index < -0.39 is 0 Å². The Morgan fingerprint density at radius 3 is 2.88 bits per heavy atom. The predicted molar refractivity (Wildman–Crippen MR) is 69.4 cm³/mol. The van der Waals surface area contributed by atoms with Gasteiger partial charge in [-0.2, -0.15) is 0 Å². The van der Waals surface area contributed by atoms with E-state index in [1.165, 1.54) is 0 Å². The fraction of sp³-hybridized carbons (Fsp3) is 0.273. The largest absolute Gasteiger partial charge is 0.495 e. The van der Waals surface area contributed by atoms with Crippen molar-refractivity contribution >= 4 is 21.7 Å². The van der Waals surface area contributed by atoms with Gasteiger partial charge in [-0.25, -0.2) is 4.68 Å². The van der Waals surface area contributed by atoms with Gasteiger partial charge in [0.1, 0.15) is 5.75 Å². The molecule has 0 atom stereocenters. The van der Waals surface area contributed by atoms with Crippen molar-refractivity contribution in [3.63, 3.8) is 0 Å². The summed E-state index contributed by atoms with van der Waals surface area (Å²) in [5, 5.41) is 7.91. The lowest BCUT2D eigenvalue weighted by Crippen LogP contribution is -2.03. The van der Waals surface area contributed by atoms with Gasteiger partial charge in [-0.05, 0) is 34.5 Å². The normalized spacial score (nSPS) is 10.5. The van der Waals surface area contributed by atoms with Crippen LogP contribution in [-0.2, 0) is 6.42 Å². The highest BCUT2D eigenvalue weighted by atomic mass is 79.9. The zero-order valence-electron chi connectivity index (χ0n) is 9.64. The summed E-state index contributed by atoms with van der Waals surface area (Å²) >= 11 is 3.41. The van der Waals surface area contributed by atoms with Crippen molar-refractivity contribution in [1.82, 2.24) is 15.0 Å². The first-order valence-corrected chi connectivity index (χ1v) is 6.00. The molecular weight excluding hydrogens is 284 g/mol. The maximum atomic E-state index is 5.75. The third kappa shape index (κ3) is 2.12. The van der Waals surface area contributed by atoms with E-state index in [0.29, 0.717) is 5.82 Å². The molecule has 0 aliphatic rings. The number of methoxy groups -OCH3 is 1. The number of nitrogen functional groups attached to an aromatic ring is 1. The Balaban J connectivity index is 2.52. The highest BCUT2D eigenvalue weighted by Gasteiger charge is 2.11. The first-order chi connectivity index (χ1) is 8.17. The Morgan fingerprint density at radius 1 is 1.47 bits per heavy atom. The van der Waals surface area contributed by atoms with Crippen molar-refractivity contribution < 1.29 is 4.74 Å². The number of halogens is 1. The molecule has 1 aromatic heterocycles. The number of benzene rings is 1. The Labute approximate surface area is 108 Å². The van der Waals surface area contributed by atoms with Gasteiger partial charge in [0.15, 0.2) is 5.82 Å². The third-order valence-electron chi connectivity index (χ3n) is 2.51. The van der Waals surface area contributed by atoms with Gasteiger partial charge in [0, 0.05) is 6.07 Å². The van der Waals surface area contributed by atoms with Gasteiger partial charge < -0.3 is 10.5 Å². The second-order valence-corrected chi connectivity index (χ2v) is 4.36. The molecule has 6 heteroatoms. The van der Waals surface area contributed by atoms with Crippen molar-refractivity contribution in [2.45, 2.75) is 13.3 Å². The van der Waals surface area contributed by atoms with Crippen LogP contribution < -0.4 is 10.5 Å². The average Bonchev–Trinajstić information content (AvgIpc) is 2.71. The van der Waals surface area contributed by atoms with Crippen LogP contribution in [0.25, 0.3) is 5.69 Å². The van der Waals surface area contributed by atoms with E-state index in [9.17, 15) is 0 Å². The average molecular weight is 297 g/mol. The summed E-state index contributed by atoms with van der Waals surface area (Å²) in [4.78, 5) is 0. The molecule has 0 unspecified atom stereocenters.